The molecule has 0 bridgehead atoms. The number of hydrogen-bond donors (Lipinski definition) is 2. The largest absolute Gasteiger partial charge is 0.508 e. The van der Waals surface area contributed by atoms with Gasteiger partial charge >= 0.3 is 5.63 Å². The summed E-state index contributed by atoms with van der Waals surface area (Å²) in [5.74, 6) is 0.987. The van der Waals surface area contributed by atoms with Crippen molar-refractivity contribution in [2.45, 2.75) is 32.9 Å². The summed E-state index contributed by atoms with van der Waals surface area (Å²) in [5, 5.41) is 14.1. The Labute approximate surface area is 133 Å². The zero-order valence-corrected chi connectivity index (χ0v) is 13.1. The number of fused-ring (bicyclic) bond motifs is 1. The molecule has 2 heterocycles. The van der Waals surface area contributed by atoms with Crippen LogP contribution in [0.25, 0.3) is 11.0 Å². The number of phenolic OH excluding ortho intramolecular Hbond substituents is 1. The van der Waals surface area contributed by atoms with E-state index in [0.29, 0.717) is 18.5 Å². The molecule has 0 amide bonds. The van der Waals surface area contributed by atoms with Crippen molar-refractivity contribution in [3.05, 3.63) is 63.9 Å². The number of furan rings is 1. The van der Waals surface area contributed by atoms with Gasteiger partial charge in [-0.15, -0.1) is 0 Å². The molecule has 0 aliphatic heterocycles. The fourth-order valence-corrected chi connectivity index (χ4v) is 2.64. The Bertz CT molecular complexity index is 865. The molecule has 0 radical (unpaired) electrons. The molecule has 0 aliphatic rings. The maximum atomic E-state index is 11.7. The van der Waals surface area contributed by atoms with Crippen LogP contribution in [0.4, 0.5) is 0 Å². The average Bonchev–Trinajstić information content (AvgIpc) is 3.06. The van der Waals surface area contributed by atoms with Crippen LogP contribution in [0.3, 0.4) is 0 Å². The lowest BCUT2D eigenvalue weighted by molar-refractivity contribution is 0.430. The van der Waals surface area contributed by atoms with Gasteiger partial charge in [0, 0.05) is 24.1 Å². The molecule has 0 saturated heterocycles. The predicted octanol–water partition coefficient (Wildman–Crippen LogP) is 3.50. The van der Waals surface area contributed by atoms with Crippen molar-refractivity contribution in [1.29, 1.82) is 0 Å². The Morgan fingerprint density at radius 1 is 1.26 bits per heavy atom. The van der Waals surface area contributed by atoms with Gasteiger partial charge in [-0.1, -0.05) is 6.92 Å². The maximum absolute atomic E-state index is 11.7. The Hall–Kier alpha value is -2.53. The first-order valence-electron chi connectivity index (χ1n) is 7.64. The van der Waals surface area contributed by atoms with E-state index in [2.05, 4.69) is 5.32 Å². The van der Waals surface area contributed by atoms with E-state index in [4.69, 9.17) is 8.83 Å². The van der Waals surface area contributed by atoms with Gasteiger partial charge < -0.3 is 19.3 Å². The highest BCUT2D eigenvalue weighted by Gasteiger charge is 2.12. The zero-order valence-electron chi connectivity index (χ0n) is 13.1. The number of rotatable bonds is 5. The van der Waals surface area contributed by atoms with Gasteiger partial charge in [-0.25, -0.2) is 4.79 Å². The van der Waals surface area contributed by atoms with E-state index < -0.39 is 5.63 Å². The van der Waals surface area contributed by atoms with Gasteiger partial charge in [0.25, 0.3) is 0 Å². The number of aryl methyl sites for hydroxylation is 1. The minimum Gasteiger partial charge on any atom is -0.508 e. The summed E-state index contributed by atoms with van der Waals surface area (Å²) in [6, 6.07) is 8.64. The zero-order chi connectivity index (χ0) is 16.4. The van der Waals surface area contributed by atoms with Gasteiger partial charge in [0.2, 0.25) is 0 Å². The Morgan fingerprint density at radius 2 is 2.09 bits per heavy atom. The second kappa shape index (κ2) is 6.30. The van der Waals surface area contributed by atoms with E-state index in [1.165, 1.54) is 12.1 Å². The molecule has 120 valence electrons. The monoisotopic (exact) mass is 313 g/mol. The van der Waals surface area contributed by atoms with Crippen LogP contribution in [-0.2, 0) is 13.0 Å². The van der Waals surface area contributed by atoms with Crippen molar-refractivity contribution in [3.63, 3.8) is 0 Å². The number of hydrogen-bond acceptors (Lipinski definition) is 5. The van der Waals surface area contributed by atoms with Crippen LogP contribution < -0.4 is 10.9 Å². The highest BCUT2D eigenvalue weighted by molar-refractivity contribution is 5.82. The van der Waals surface area contributed by atoms with Crippen LogP contribution in [0, 0.1) is 0 Å². The molecule has 3 aromatic rings. The quantitative estimate of drug-likeness (QED) is 0.705. The number of aromatic hydroxyl groups is 1. The summed E-state index contributed by atoms with van der Waals surface area (Å²) in [6.07, 6.45) is 2.34. The smallest absolute Gasteiger partial charge is 0.336 e. The molecule has 0 unspecified atom stereocenters. The molecule has 0 spiro atoms. The lowest BCUT2D eigenvalue weighted by Gasteiger charge is -2.13. The van der Waals surface area contributed by atoms with Crippen LogP contribution in [0.1, 0.15) is 36.8 Å². The second-order valence-corrected chi connectivity index (χ2v) is 5.54. The minimum atomic E-state index is -0.427. The SMILES string of the molecule is CCc1cc2c(CN[C@H](C)c3ccco3)cc(=O)oc2cc1O. The molecular weight excluding hydrogens is 294 g/mol. The molecule has 23 heavy (non-hydrogen) atoms. The molecule has 1 atom stereocenters. The molecular formula is C18H19NO4. The third-order valence-electron chi connectivity index (χ3n) is 3.98. The molecule has 0 saturated carbocycles. The highest BCUT2D eigenvalue weighted by Crippen LogP contribution is 2.27. The summed E-state index contributed by atoms with van der Waals surface area (Å²) in [5.41, 5.74) is 1.63. The molecule has 2 aromatic heterocycles. The van der Waals surface area contributed by atoms with E-state index in [9.17, 15) is 9.90 Å². The predicted molar refractivity (Wildman–Crippen MR) is 87.5 cm³/mol. The Balaban J connectivity index is 1.94. The third-order valence-corrected chi connectivity index (χ3v) is 3.98. The molecule has 3 rings (SSSR count). The van der Waals surface area contributed by atoms with E-state index >= 15 is 0 Å². The third kappa shape index (κ3) is 3.14. The summed E-state index contributed by atoms with van der Waals surface area (Å²) in [6.45, 7) is 4.46. The summed E-state index contributed by atoms with van der Waals surface area (Å²) in [7, 11) is 0. The van der Waals surface area contributed by atoms with Gasteiger partial charge in [-0.05, 0) is 42.7 Å². The number of benzene rings is 1. The topological polar surface area (TPSA) is 75.6 Å². The van der Waals surface area contributed by atoms with Crippen molar-refractivity contribution in [2.75, 3.05) is 0 Å². The van der Waals surface area contributed by atoms with Gasteiger partial charge in [-0.3, -0.25) is 0 Å². The van der Waals surface area contributed by atoms with Gasteiger partial charge in [0.1, 0.15) is 17.1 Å². The normalized spacial score (nSPS) is 12.6. The molecule has 5 nitrogen and oxygen atoms in total. The van der Waals surface area contributed by atoms with E-state index in [1.807, 2.05) is 32.0 Å². The van der Waals surface area contributed by atoms with Crippen LogP contribution in [0.5, 0.6) is 5.75 Å². The fraction of sp³-hybridized carbons (Fsp3) is 0.278. The molecule has 0 fully saturated rings. The molecule has 5 heteroatoms. The fourth-order valence-electron chi connectivity index (χ4n) is 2.64. The first-order chi connectivity index (χ1) is 11.1. The van der Waals surface area contributed by atoms with Crippen LogP contribution in [-0.4, -0.2) is 5.11 Å². The van der Waals surface area contributed by atoms with Crippen LogP contribution >= 0.6 is 0 Å². The van der Waals surface area contributed by atoms with Crippen molar-refractivity contribution in [1.82, 2.24) is 5.32 Å². The van der Waals surface area contributed by atoms with E-state index in [-0.39, 0.29) is 11.8 Å². The summed E-state index contributed by atoms with van der Waals surface area (Å²) in [4.78, 5) is 11.7. The Morgan fingerprint density at radius 3 is 2.78 bits per heavy atom. The van der Waals surface area contributed by atoms with Gasteiger partial charge in [0.05, 0.1) is 12.3 Å². The van der Waals surface area contributed by atoms with Crippen molar-refractivity contribution in [2.24, 2.45) is 0 Å². The highest BCUT2D eigenvalue weighted by atomic mass is 16.4. The van der Waals surface area contributed by atoms with E-state index in [1.54, 1.807) is 6.26 Å². The first-order valence-corrected chi connectivity index (χ1v) is 7.64. The van der Waals surface area contributed by atoms with Crippen LogP contribution in [0.2, 0.25) is 0 Å². The average molecular weight is 313 g/mol. The van der Waals surface area contributed by atoms with Crippen molar-refractivity contribution >= 4 is 11.0 Å². The molecule has 2 N–H and O–H groups in total. The van der Waals surface area contributed by atoms with E-state index in [0.717, 1.165) is 22.3 Å². The standard InChI is InChI=1S/C18H19NO4/c1-3-12-7-14-13(8-18(21)23-17(14)9-15(12)20)10-19-11(2)16-5-4-6-22-16/h4-9,11,19-20H,3,10H2,1-2H3/t11-/m1/s1. The molecule has 0 aliphatic carbocycles. The van der Waals surface area contributed by atoms with Crippen LogP contribution in [0.15, 0.2) is 50.2 Å². The van der Waals surface area contributed by atoms with Crippen molar-refractivity contribution < 1.29 is 13.9 Å². The number of nitrogens with one attached hydrogen (secondary N) is 1. The van der Waals surface area contributed by atoms with Gasteiger partial charge in [0.15, 0.2) is 0 Å². The van der Waals surface area contributed by atoms with Crippen molar-refractivity contribution in [3.8, 4) is 5.75 Å². The summed E-state index contributed by atoms with van der Waals surface area (Å²) >= 11 is 0. The van der Waals surface area contributed by atoms with Gasteiger partial charge in [-0.2, -0.15) is 0 Å². The lowest BCUT2D eigenvalue weighted by atomic mass is 10.0. The minimum absolute atomic E-state index is 0.0232. The Kier molecular flexibility index (Phi) is 4.21. The molecule has 1 aromatic carbocycles. The summed E-state index contributed by atoms with van der Waals surface area (Å²) < 4.78 is 10.6. The second-order valence-electron chi connectivity index (χ2n) is 5.54. The maximum Gasteiger partial charge on any atom is 0.336 e. The lowest BCUT2D eigenvalue weighted by Crippen LogP contribution is -2.18. The number of phenols is 1. The first kappa shape index (κ1) is 15.4.